The standard InChI is InChI=1S/C12H19N3O/c1-2-9-4-3-5-10(8-9)16-12-11(13)14-6-7-15-12/h6-7,9-10H,2-5,8H2,1H3,(H2,13,14). The summed E-state index contributed by atoms with van der Waals surface area (Å²) in [6, 6.07) is 0. The third-order valence-corrected chi connectivity index (χ3v) is 3.28. The van der Waals surface area contributed by atoms with Crippen molar-refractivity contribution in [1.29, 1.82) is 0 Å². The number of hydrogen-bond donors (Lipinski definition) is 1. The van der Waals surface area contributed by atoms with Gasteiger partial charge in [0.15, 0.2) is 5.82 Å². The van der Waals surface area contributed by atoms with Gasteiger partial charge in [-0.25, -0.2) is 9.97 Å². The summed E-state index contributed by atoms with van der Waals surface area (Å²) in [4.78, 5) is 8.09. The van der Waals surface area contributed by atoms with Gasteiger partial charge in [-0.3, -0.25) is 0 Å². The molecule has 0 saturated heterocycles. The number of anilines is 1. The summed E-state index contributed by atoms with van der Waals surface area (Å²) in [6.45, 7) is 2.24. The van der Waals surface area contributed by atoms with Gasteiger partial charge in [0, 0.05) is 12.4 Å². The average molecular weight is 221 g/mol. The van der Waals surface area contributed by atoms with Crippen LogP contribution in [0.5, 0.6) is 5.88 Å². The lowest BCUT2D eigenvalue weighted by molar-refractivity contribution is 0.117. The lowest BCUT2D eigenvalue weighted by Gasteiger charge is -2.28. The molecular weight excluding hydrogens is 202 g/mol. The van der Waals surface area contributed by atoms with Crippen LogP contribution in [0.15, 0.2) is 12.4 Å². The van der Waals surface area contributed by atoms with Gasteiger partial charge in [0.1, 0.15) is 6.10 Å². The molecule has 1 saturated carbocycles. The number of nitrogens with zero attached hydrogens (tertiary/aromatic N) is 2. The van der Waals surface area contributed by atoms with Gasteiger partial charge in [0.05, 0.1) is 0 Å². The topological polar surface area (TPSA) is 61.0 Å². The van der Waals surface area contributed by atoms with E-state index in [0.717, 1.165) is 18.8 Å². The van der Waals surface area contributed by atoms with Crippen LogP contribution in [-0.4, -0.2) is 16.1 Å². The van der Waals surface area contributed by atoms with Crippen LogP contribution in [0, 0.1) is 5.92 Å². The van der Waals surface area contributed by atoms with Crippen LogP contribution in [0.3, 0.4) is 0 Å². The molecule has 0 radical (unpaired) electrons. The van der Waals surface area contributed by atoms with Crippen molar-refractivity contribution in [3.8, 4) is 5.88 Å². The molecule has 2 N–H and O–H groups in total. The molecule has 1 aromatic heterocycles. The van der Waals surface area contributed by atoms with E-state index in [-0.39, 0.29) is 6.10 Å². The SMILES string of the molecule is CCC1CCCC(Oc2nccnc2N)C1. The minimum atomic E-state index is 0.262. The van der Waals surface area contributed by atoms with E-state index < -0.39 is 0 Å². The highest BCUT2D eigenvalue weighted by Crippen LogP contribution is 2.29. The first-order chi connectivity index (χ1) is 7.79. The summed E-state index contributed by atoms with van der Waals surface area (Å²) in [6.07, 6.45) is 9.48. The summed E-state index contributed by atoms with van der Waals surface area (Å²) in [5, 5.41) is 0. The van der Waals surface area contributed by atoms with Gasteiger partial charge >= 0.3 is 0 Å². The van der Waals surface area contributed by atoms with Gasteiger partial charge in [-0.1, -0.05) is 19.8 Å². The van der Waals surface area contributed by atoms with Gasteiger partial charge in [-0.05, 0) is 25.2 Å². The van der Waals surface area contributed by atoms with Crippen molar-refractivity contribution in [3.05, 3.63) is 12.4 Å². The Bertz CT molecular complexity index is 343. The van der Waals surface area contributed by atoms with E-state index in [0.29, 0.717) is 11.7 Å². The fraction of sp³-hybridized carbons (Fsp3) is 0.667. The Balaban J connectivity index is 1.97. The molecule has 2 rings (SSSR count). The van der Waals surface area contributed by atoms with E-state index in [9.17, 15) is 0 Å². The number of nitrogens with two attached hydrogens (primary N) is 1. The van der Waals surface area contributed by atoms with Crippen LogP contribution in [0.2, 0.25) is 0 Å². The van der Waals surface area contributed by atoms with E-state index in [1.165, 1.54) is 19.3 Å². The Hall–Kier alpha value is -1.32. The maximum Gasteiger partial charge on any atom is 0.257 e. The number of nitrogen functional groups attached to an aromatic ring is 1. The Morgan fingerprint density at radius 3 is 2.94 bits per heavy atom. The smallest absolute Gasteiger partial charge is 0.257 e. The molecule has 1 aliphatic carbocycles. The number of aromatic nitrogens is 2. The summed E-state index contributed by atoms with van der Waals surface area (Å²) in [5.41, 5.74) is 5.71. The molecule has 1 heterocycles. The molecule has 0 spiro atoms. The first-order valence-corrected chi connectivity index (χ1v) is 6.02. The van der Waals surface area contributed by atoms with Crippen LogP contribution in [0.1, 0.15) is 39.0 Å². The molecule has 1 fully saturated rings. The third-order valence-electron chi connectivity index (χ3n) is 3.28. The Labute approximate surface area is 96.2 Å². The van der Waals surface area contributed by atoms with Crippen molar-refractivity contribution < 1.29 is 4.74 Å². The van der Waals surface area contributed by atoms with Gasteiger partial charge in [-0.15, -0.1) is 0 Å². The maximum absolute atomic E-state index is 5.82. The van der Waals surface area contributed by atoms with E-state index >= 15 is 0 Å². The summed E-state index contributed by atoms with van der Waals surface area (Å²) in [5.74, 6) is 1.67. The summed E-state index contributed by atoms with van der Waals surface area (Å²) < 4.78 is 5.82. The Kier molecular flexibility index (Phi) is 3.59. The van der Waals surface area contributed by atoms with Crippen LogP contribution < -0.4 is 10.5 Å². The van der Waals surface area contributed by atoms with Gasteiger partial charge < -0.3 is 10.5 Å². The molecule has 4 nitrogen and oxygen atoms in total. The summed E-state index contributed by atoms with van der Waals surface area (Å²) >= 11 is 0. The molecular formula is C12H19N3O. The predicted octanol–water partition coefficient (Wildman–Crippen LogP) is 2.41. The summed E-state index contributed by atoms with van der Waals surface area (Å²) in [7, 11) is 0. The van der Waals surface area contributed by atoms with Crippen LogP contribution in [0.25, 0.3) is 0 Å². The molecule has 88 valence electrons. The predicted molar refractivity (Wildman–Crippen MR) is 63.1 cm³/mol. The second-order valence-electron chi connectivity index (χ2n) is 4.43. The fourth-order valence-electron chi connectivity index (χ4n) is 2.30. The van der Waals surface area contributed by atoms with E-state index in [4.69, 9.17) is 10.5 Å². The van der Waals surface area contributed by atoms with Crippen molar-refractivity contribution in [1.82, 2.24) is 9.97 Å². The first kappa shape index (κ1) is 11.2. The first-order valence-electron chi connectivity index (χ1n) is 6.02. The van der Waals surface area contributed by atoms with Gasteiger partial charge in [-0.2, -0.15) is 0 Å². The highest BCUT2D eigenvalue weighted by atomic mass is 16.5. The van der Waals surface area contributed by atoms with E-state index in [1.54, 1.807) is 12.4 Å². The van der Waals surface area contributed by atoms with E-state index in [1.807, 2.05) is 0 Å². The highest BCUT2D eigenvalue weighted by Gasteiger charge is 2.23. The van der Waals surface area contributed by atoms with Crippen molar-refractivity contribution in [2.24, 2.45) is 5.92 Å². The zero-order chi connectivity index (χ0) is 11.4. The van der Waals surface area contributed by atoms with Crippen molar-refractivity contribution in [2.75, 3.05) is 5.73 Å². The Morgan fingerprint density at radius 1 is 1.38 bits per heavy atom. The molecule has 1 aromatic rings. The normalized spacial score (nSPS) is 25.3. The average Bonchev–Trinajstić information content (AvgIpc) is 2.32. The van der Waals surface area contributed by atoms with Crippen LogP contribution in [0.4, 0.5) is 5.82 Å². The maximum atomic E-state index is 5.82. The molecule has 0 aliphatic heterocycles. The molecule has 4 heteroatoms. The Morgan fingerprint density at radius 2 is 2.19 bits per heavy atom. The van der Waals surface area contributed by atoms with Crippen molar-refractivity contribution >= 4 is 5.82 Å². The van der Waals surface area contributed by atoms with Crippen LogP contribution >= 0.6 is 0 Å². The van der Waals surface area contributed by atoms with Crippen LogP contribution in [-0.2, 0) is 0 Å². The zero-order valence-electron chi connectivity index (χ0n) is 9.72. The number of ether oxygens (including phenoxy) is 1. The molecule has 1 aliphatic rings. The lowest BCUT2D eigenvalue weighted by atomic mass is 9.85. The second-order valence-corrected chi connectivity index (χ2v) is 4.43. The highest BCUT2D eigenvalue weighted by molar-refractivity contribution is 5.38. The molecule has 0 aromatic carbocycles. The number of hydrogen-bond acceptors (Lipinski definition) is 4. The second kappa shape index (κ2) is 5.14. The molecule has 2 unspecified atom stereocenters. The molecule has 0 bridgehead atoms. The quantitative estimate of drug-likeness (QED) is 0.851. The van der Waals surface area contributed by atoms with Gasteiger partial charge in [0.25, 0.3) is 5.88 Å². The lowest BCUT2D eigenvalue weighted by Crippen LogP contribution is -2.25. The number of rotatable bonds is 3. The molecule has 2 atom stereocenters. The monoisotopic (exact) mass is 221 g/mol. The van der Waals surface area contributed by atoms with Gasteiger partial charge in [0.2, 0.25) is 0 Å². The zero-order valence-corrected chi connectivity index (χ0v) is 9.72. The minimum Gasteiger partial charge on any atom is -0.472 e. The third kappa shape index (κ3) is 2.62. The minimum absolute atomic E-state index is 0.262. The molecule has 16 heavy (non-hydrogen) atoms. The van der Waals surface area contributed by atoms with Crippen molar-refractivity contribution in [2.45, 2.75) is 45.1 Å². The van der Waals surface area contributed by atoms with E-state index in [2.05, 4.69) is 16.9 Å². The molecule has 0 amide bonds. The van der Waals surface area contributed by atoms with Crippen molar-refractivity contribution in [3.63, 3.8) is 0 Å². The fourth-order valence-corrected chi connectivity index (χ4v) is 2.30. The largest absolute Gasteiger partial charge is 0.472 e.